The average molecular weight is 555 g/mol. The van der Waals surface area contributed by atoms with Gasteiger partial charge in [0, 0.05) is 6.42 Å². The van der Waals surface area contributed by atoms with Crippen molar-refractivity contribution in [1.82, 2.24) is 10.2 Å². The summed E-state index contributed by atoms with van der Waals surface area (Å²) >= 11 is 3.33. The average Bonchev–Trinajstić information content (AvgIpc) is 3.42. The zero-order valence-electron chi connectivity index (χ0n) is 20.5. The van der Waals surface area contributed by atoms with Gasteiger partial charge >= 0.3 is 11.9 Å². The van der Waals surface area contributed by atoms with E-state index in [0.717, 1.165) is 35.9 Å². The first-order chi connectivity index (χ1) is 17.3. The summed E-state index contributed by atoms with van der Waals surface area (Å²) in [5.41, 5.74) is 0.541. The summed E-state index contributed by atoms with van der Waals surface area (Å²) in [5.74, 6) is -1.22. The molecule has 2 aromatic rings. The Morgan fingerprint density at radius 2 is 1.64 bits per heavy atom. The fourth-order valence-electron chi connectivity index (χ4n) is 3.87. The summed E-state index contributed by atoms with van der Waals surface area (Å²) < 4.78 is 10.7. The molecule has 2 N–H and O–H groups in total. The van der Waals surface area contributed by atoms with E-state index in [1.165, 1.54) is 30.6 Å². The number of thiophene rings is 1. The lowest BCUT2D eigenvalue weighted by Gasteiger charge is -2.20. The molecule has 13 heteroatoms. The van der Waals surface area contributed by atoms with Gasteiger partial charge in [0.2, 0.25) is 16.9 Å². The van der Waals surface area contributed by atoms with Gasteiger partial charge in [0.1, 0.15) is 9.88 Å². The largest absolute Gasteiger partial charge is 0.462 e. The van der Waals surface area contributed by atoms with Crippen LogP contribution in [0.1, 0.15) is 78.0 Å². The Balaban J connectivity index is 1.57. The van der Waals surface area contributed by atoms with E-state index >= 15 is 0 Å². The van der Waals surface area contributed by atoms with Crippen LogP contribution in [0, 0.1) is 12.8 Å². The minimum absolute atomic E-state index is 0.00138. The number of aromatic nitrogens is 2. The molecule has 1 aliphatic rings. The van der Waals surface area contributed by atoms with Gasteiger partial charge in [0.25, 0.3) is 0 Å². The molecule has 2 amide bonds. The van der Waals surface area contributed by atoms with Crippen LogP contribution >= 0.6 is 34.4 Å². The fraction of sp³-hybridized carbons (Fsp3) is 0.565. The standard InChI is InChI=1S/C23H30N4O6S3/c1-4-32-20(30)17-13(3)18(21(31)33-5-2)35-19(17)24-16(29)12-34-23-27-26-22(36-23)25-15(28)11-14-9-7-6-8-10-14/h14H,4-12H2,1-3H3,(H,24,29)(H,25,26,28). The summed E-state index contributed by atoms with van der Waals surface area (Å²) in [4.78, 5) is 49.9. The number of carbonyl (C=O) groups is 4. The molecule has 1 aliphatic carbocycles. The quantitative estimate of drug-likeness (QED) is 0.226. The molecule has 36 heavy (non-hydrogen) atoms. The molecule has 0 aliphatic heterocycles. The van der Waals surface area contributed by atoms with E-state index in [0.29, 0.717) is 27.4 Å². The molecule has 196 valence electrons. The third-order valence-electron chi connectivity index (χ3n) is 5.52. The number of thioether (sulfide) groups is 1. The van der Waals surface area contributed by atoms with Crippen LogP contribution in [0.25, 0.3) is 0 Å². The van der Waals surface area contributed by atoms with Crippen molar-refractivity contribution >= 4 is 68.3 Å². The van der Waals surface area contributed by atoms with Crippen LogP contribution in [-0.2, 0) is 19.1 Å². The van der Waals surface area contributed by atoms with Crippen LogP contribution in [-0.4, -0.2) is 52.9 Å². The molecule has 1 fully saturated rings. The number of carbonyl (C=O) groups excluding carboxylic acids is 4. The summed E-state index contributed by atoms with van der Waals surface area (Å²) in [6.45, 7) is 5.32. The Bertz CT molecular complexity index is 1090. The Morgan fingerprint density at radius 1 is 0.944 bits per heavy atom. The van der Waals surface area contributed by atoms with Crippen molar-refractivity contribution < 1.29 is 28.7 Å². The summed E-state index contributed by atoms with van der Waals surface area (Å²) in [5, 5.41) is 14.2. The number of rotatable bonds is 11. The Morgan fingerprint density at radius 3 is 2.33 bits per heavy atom. The normalized spacial score (nSPS) is 13.8. The molecule has 1 saturated carbocycles. The number of hydrogen-bond acceptors (Lipinski definition) is 11. The van der Waals surface area contributed by atoms with Crippen LogP contribution in [0.3, 0.4) is 0 Å². The van der Waals surface area contributed by atoms with Gasteiger partial charge in [-0.25, -0.2) is 9.59 Å². The molecule has 2 aromatic heterocycles. The third kappa shape index (κ3) is 7.74. The topological polar surface area (TPSA) is 137 Å². The molecule has 0 atom stereocenters. The number of nitrogens with one attached hydrogen (secondary N) is 2. The van der Waals surface area contributed by atoms with E-state index in [1.807, 2.05) is 0 Å². The highest BCUT2D eigenvalue weighted by Crippen LogP contribution is 2.35. The molecular weight excluding hydrogens is 524 g/mol. The molecule has 2 heterocycles. The first-order valence-electron chi connectivity index (χ1n) is 11.9. The van der Waals surface area contributed by atoms with Gasteiger partial charge in [0.05, 0.1) is 24.5 Å². The molecule has 0 radical (unpaired) electrons. The van der Waals surface area contributed by atoms with Crippen molar-refractivity contribution in [2.24, 2.45) is 5.92 Å². The van der Waals surface area contributed by atoms with Gasteiger partial charge in [-0.2, -0.15) is 0 Å². The molecule has 0 spiro atoms. The SMILES string of the molecule is CCOC(=O)c1sc(NC(=O)CSc2nnc(NC(=O)CC3CCCCC3)s2)c(C(=O)OCC)c1C. The van der Waals surface area contributed by atoms with Crippen LogP contribution in [0.5, 0.6) is 0 Å². The molecule has 3 rings (SSSR count). The van der Waals surface area contributed by atoms with Crippen LogP contribution in [0.4, 0.5) is 10.1 Å². The van der Waals surface area contributed by atoms with E-state index in [9.17, 15) is 19.2 Å². The van der Waals surface area contributed by atoms with Crippen molar-refractivity contribution in [3.63, 3.8) is 0 Å². The van der Waals surface area contributed by atoms with Crippen molar-refractivity contribution in [3.05, 3.63) is 16.0 Å². The Kier molecular flexibility index (Phi) is 10.7. The minimum Gasteiger partial charge on any atom is -0.462 e. The lowest BCUT2D eigenvalue weighted by molar-refractivity contribution is -0.117. The van der Waals surface area contributed by atoms with Crippen LogP contribution in [0.2, 0.25) is 0 Å². The highest BCUT2D eigenvalue weighted by molar-refractivity contribution is 8.01. The Hall–Kier alpha value is -2.51. The number of hydrogen-bond donors (Lipinski definition) is 2. The van der Waals surface area contributed by atoms with E-state index in [4.69, 9.17) is 9.47 Å². The van der Waals surface area contributed by atoms with Crippen LogP contribution in [0.15, 0.2) is 4.34 Å². The predicted octanol–water partition coefficient (Wildman–Crippen LogP) is 4.90. The van der Waals surface area contributed by atoms with Gasteiger partial charge in [-0.15, -0.1) is 21.5 Å². The molecule has 0 bridgehead atoms. The molecule has 0 saturated heterocycles. The molecule has 10 nitrogen and oxygen atoms in total. The van der Waals surface area contributed by atoms with Crippen molar-refractivity contribution in [3.8, 4) is 0 Å². The number of nitrogens with zero attached hydrogens (tertiary/aromatic N) is 2. The number of ether oxygens (including phenoxy) is 2. The lowest BCUT2D eigenvalue weighted by atomic mass is 9.87. The van der Waals surface area contributed by atoms with Gasteiger partial charge in [-0.05, 0) is 45.1 Å². The zero-order valence-corrected chi connectivity index (χ0v) is 23.0. The maximum Gasteiger partial charge on any atom is 0.348 e. The molecule has 0 unspecified atom stereocenters. The van der Waals surface area contributed by atoms with E-state index in [-0.39, 0.29) is 46.2 Å². The highest BCUT2D eigenvalue weighted by Gasteiger charge is 2.27. The molecular formula is C23H30N4O6S3. The predicted molar refractivity (Wildman–Crippen MR) is 140 cm³/mol. The molecule has 0 aromatic carbocycles. The number of esters is 2. The first-order valence-corrected chi connectivity index (χ1v) is 14.5. The van der Waals surface area contributed by atoms with Crippen LogP contribution < -0.4 is 10.6 Å². The summed E-state index contributed by atoms with van der Waals surface area (Å²) in [6, 6.07) is 0. The number of amides is 2. The maximum absolute atomic E-state index is 12.6. The van der Waals surface area contributed by atoms with Gasteiger partial charge < -0.3 is 20.1 Å². The summed E-state index contributed by atoms with van der Waals surface area (Å²) in [6.07, 6.45) is 6.25. The first kappa shape index (κ1) is 28.1. The fourth-order valence-corrected chi connectivity index (χ4v) is 6.55. The highest BCUT2D eigenvalue weighted by atomic mass is 32.2. The second-order valence-electron chi connectivity index (χ2n) is 8.17. The second-order valence-corrected chi connectivity index (χ2v) is 11.4. The van der Waals surface area contributed by atoms with E-state index in [1.54, 1.807) is 20.8 Å². The van der Waals surface area contributed by atoms with E-state index < -0.39 is 11.9 Å². The second kappa shape index (κ2) is 13.7. The number of anilines is 2. The third-order valence-corrected chi connectivity index (χ3v) is 8.68. The Labute approximate surface area is 221 Å². The van der Waals surface area contributed by atoms with Crippen molar-refractivity contribution in [2.45, 2.75) is 63.6 Å². The maximum atomic E-state index is 12.6. The van der Waals surface area contributed by atoms with E-state index in [2.05, 4.69) is 20.8 Å². The minimum atomic E-state index is -0.623. The van der Waals surface area contributed by atoms with Gasteiger partial charge in [-0.1, -0.05) is 42.4 Å². The zero-order chi connectivity index (χ0) is 26.1. The van der Waals surface area contributed by atoms with Gasteiger partial charge in [-0.3, -0.25) is 9.59 Å². The van der Waals surface area contributed by atoms with Gasteiger partial charge in [0.15, 0.2) is 4.34 Å². The smallest absolute Gasteiger partial charge is 0.348 e. The lowest BCUT2D eigenvalue weighted by Crippen LogP contribution is -2.18. The summed E-state index contributed by atoms with van der Waals surface area (Å²) in [7, 11) is 0. The van der Waals surface area contributed by atoms with Crippen molar-refractivity contribution in [1.29, 1.82) is 0 Å². The monoisotopic (exact) mass is 554 g/mol. The van der Waals surface area contributed by atoms with Crippen molar-refractivity contribution in [2.75, 3.05) is 29.6 Å².